The Balaban J connectivity index is 1.81. The first-order valence-electron chi connectivity index (χ1n) is 8.27. The molecule has 4 atom stereocenters. The Labute approximate surface area is 123 Å². The highest BCUT2D eigenvalue weighted by atomic mass is 32.2. The Morgan fingerprint density at radius 2 is 1.95 bits per heavy atom. The number of nitrogens with one attached hydrogen (secondary N) is 2. The van der Waals surface area contributed by atoms with Crippen LogP contribution in [0.5, 0.6) is 0 Å². The van der Waals surface area contributed by atoms with Gasteiger partial charge in [0.25, 0.3) is 0 Å². The van der Waals surface area contributed by atoms with Gasteiger partial charge in [-0.3, -0.25) is 0 Å². The molecule has 3 heteroatoms. The molecule has 2 aliphatic rings. The first-order valence-corrected chi connectivity index (χ1v) is 9.66. The third-order valence-corrected chi connectivity index (χ3v) is 5.77. The summed E-state index contributed by atoms with van der Waals surface area (Å²) < 4.78 is 0. The van der Waals surface area contributed by atoms with Crippen molar-refractivity contribution in [2.75, 3.05) is 25.1 Å². The monoisotopic (exact) mass is 284 g/mol. The average Bonchev–Trinajstić information content (AvgIpc) is 2.47. The summed E-state index contributed by atoms with van der Waals surface area (Å²) in [6.45, 7) is 4.83. The predicted molar refractivity (Wildman–Crippen MR) is 86.9 cm³/mol. The van der Waals surface area contributed by atoms with Crippen molar-refractivity contribution in [1.82, 2.24) is 10.6 Å². The first kappa shape index (κ1) is 15.7. The van der Waals surface area contributed by atoms with Crippen LogP contribution in [0, 0.1) is 11.8 Å². The van der Waals surface area contributed by atoms with E-state index in [4.69, 9.17) is 0 Å². The van der Waals surface area contributed by atoms with E-state index in [0.29, 0.717) is 0 Å². The van der Waals surface area contributed by atoms with Crippen LogP contribution >= 0.6 is 11.8 Å². The molecule has 0 amide bonds. The van der Waals surface area contributed by atoms with Gasteiger partial charge in [-0.1, -0.05) is 26.2 Å². The van der Waals surface area contributed by atoms with Gasteiger partial charge in [-0.05, 0) is 62.6 Å². The highest BCUT2D eigenvalue weighted by Crippen LogP contribution is 2.30. The van der Waals surface area contributed by atoms with Gasteiger partial charge >= 0.3 is 0 Å². The van der Waals surface area contributed by atoms with Gasteiger partial charge in [-0.25, -0.2) is 0 Å². The van der Waals surface area contributed by atoms with E-state index < -0.39 is 0 Å². The number of thioether (sulfide) groups is 1. The quantitative estimate of drug-likeness (QED) is 0.783. The van der Waals surface area contributed by atoms with Gasteiger partial charge in [0.1, 0.15) is 0 Å². The van der Waals surface area contributed by atoms with Crippen molar-refractivity contribution in [2.45, 2.75) is 64.0 Å². The lowest BCUT2D eigenvalue weighted by Gasteiger charge is -2.40. The van der Waals surface area contributed by atoms with Crippen LogP contribution in [0.1, 0.15) is 51.9 Å². The number of rotatable bonds is 6. The zero-order valence-corrected chi connectivity index (χ0v) is 13.6. The summed E-state index contributed by atoms with van der Waals surface area (Å²) in [7, 11) is 0. The molecule has 2 N–H and O–H groups in total. The van der Waals surface area contributed by atoms with Crippen LogP contribution in [0.25, 0.3) is 0 Å². The number of hydrogen-bond donors (Lipinski definition) is 2. The maximum atomic E-state index is 3.90. The molecule has 0 radical (unpaired) electrons. The van der Waals surface area contributed by atoms with Gasteiger partial charge in [0.15, 0.2) is 0 Å². The molecular weight excluding hydrogens is 252 g/mol. The van der Waals surface area contributed by atoms with E-state index in [1.165, 1.54) is 63.8 Å². The topological polar surface area (TPSA) is 24.1 Å². The van der Waals surface area contributed by atoms with Crippen LogP contribution < -0.4 is 10.6 Å². The Morgan fingerprint density at radius 1 is 1.16 bits per heavy atom. The fourth-order valence-corrected chi connectivity index (χ4v) is 4.52. The van der Waals surface area contributed by atoms with Crippen molar-refractivity contribution in [3.63, 3.8) is 0 Å². The van der Waals surface area contributed by atoms with Crippen LogP contribution in [0.15, 0.2) is 0 Å². The fraction of sp³-hybridized carbons (Fsp3) is 1.00. The molecule has 1 saturated heterocycles. The van der Waals surface area contributed by atoms with Crippen LogP contribution in [0.3, 0.4) is 0 Å². The van der Waals surface area contributed by atoms with E-state index in [1.54, 1.807) is 0 Å². The minimum atomic E-state index is 0.772. The third kappa shape index (κ3) is 4.95. The molecule has 1 saturated carbocycles. The summed E-state index contributed by atoms with van der Waals surface area (Å²) >= 11 is 1.97. The smallest absolute Gasteiger partial charge is 0.0110 e. The molecule has 19 heavy (non-hydrogen) atoms. The van der Waals surface area contributed by atoms with Crippen LogP contribution in [-0.2, 0) is 0 Å². The number of hydrogen-bond acceptors (Lipinski definition) is 3. The van der Waals surface area contributed by atoms with Gasteiger partial charge in [-0.2, -0.15) is 11.8 Å². The summed E-state index contributed by atoms with van der Waals surface area (Å²) in [5, 5.41) is 7.69. The zero-order valence-electron chi connectivity index (χ0n) is 12.8. The van der Waals surface area contributed by atoms with Gasteiger partial charge in [0, 0.05) is 12.1 Å². The molecule has 0 bridgehead atoms. The fourth-order valence-electron chi connectivity index (χ4n) is 3.83. The van der Waals surface area contributed by atoms with Crippen molar-refractivity contribution in [1.29, 1.82) is 0 Å². The van der Waals surface area contributed by atoms with Crippen molar-refractivity contribution in [3.05, 3.63) is 0 Å². The summed E-state index contributed by atoms with van der Waals surface area (Å²) in [4.78, 5) is 0. The van der Waals surface area contributed by atoms with Gasteiger partial charge < -0.3 is 10.6 Å². The lowest BCUT2D eigenvalue weighted by Crippen LogP contribution is -2.51. The normalized spacial score (nSPS) is 34.1. The molecule has 2 nitrogen and oxygen atoms in total. The molecule has 1 aliphatic heterocycles. The Kier molecular flexibility index (Phi) is 7.03. The SMILES string of the molecule is CSCC(C)CNC1CCCCC1C1CCCCN1. The summed E-state index contributed by atoms with van der Waals surface area (Å²) in [6.07, 6.45) is 12.1. The first-order chi connectivity index (χ1) is 9.31. The molecule has 0 aromatic carbocycles. The van der Waals surface area contributed by atoms with E-state index in [-0.39, 0.29) is 0 Å². The van der Waals surface area contributed by atoms with E-state index in [9.17, 15) is 0 Å². The summed E-state index contributed by atoms with van der Waals surface area (Å²) in [5.41, 5.74) is 0. The van der Waals surface area contributed by atoms with Crippen molar-refractivity contribution in [3.8, 4) is 0 Å². The molecule has 2 rings (SSSR count). The maximum absolute atomic E-state index is 3.90. The van der Waals surface area contributed by atoms with E-state index >= 15 is 0 Å². The molecular formula is C16H32N2S. The average molecular weight is 285 g/mol. The van der Waals surface area contributed by atoms with Crippen molar-refractivity contribution >= 4 is 11.8 Å². The summed E-state index contributed by atoms with van der Waals surface area (Å²) in [5.74, 6) is 2.97. The minimum Gasteiger partial charge on any atom is -0.314 e. The van der Waals surface area contributed by atoms with Crippen molar-refractivity contribution in [2.24, 2.45) is 11.8 Å². The molecule has 0 aromatic heterocycles. The second-order valence-electron chi connectivity index (χ2n) is 6.58. The largest absolute Gasteiger partial charge is 0.314 e. The Bertz CT molecular complexity index is 241. The van der Waals surface area contributed by atoms with Crippen LogP contribution in [0.4, 0.5) is 0 Å². The molecule has 112 valence electrons. The van der Waals surface area contributed by atoms with Gasteiger partial charge in [-0.15, -0.1) is 0 Å². The molecule has 1 heterocycles. The van der Waals surface area contributed by atoms with E-state index in [0.717, 1.165) is 23.9 Å². The summed E-state index contributed by atoms with van der Waals surface area (Å²) in [6, 6.07) is 1.57. The second kappa shape index (κ2) is 8.53. The second-order valence-corrected chi connectivity index (χ2v) is 7.49. The standard InChI is InChI=1S/C16H32N2S/c1-13(12-19-2)11-18-16-8-4-3-7-14(16)15-9-5-6-10-17-15/h13-18H,3-12H2,1-2H3. The van der Waals surface area contributed by atoms with Crippen LogP contribution in [-0.4, -0.2) is 37.2 Å². The molecule has 4 unspecified atom stereocenters. The molecule has 1 aliphatic carbocycles. The molecule has 0 aromatic rings. The van der Waals surface area contributed by atoms with Crippen LogP contribution in [0.2, 0.25) is 0 Å². The highest BCUT2D eigenvalue weighted by molar-refractivity contribution is 7.98. The van der Waals surface area contributed by atoms with E-state index in [1.807, 2.05) is 11.8 Å². The van der Waals surface area contributed by atoms with Gasteiger partial charge in [0.05, 0.1) is 0 Å². The van der Waals surface area contributed by atoms with Gasteiger partial charge in [0.2, 0.25) is 0 Å². The van der Waals surface area contributed by atoms with E-state index in [2.05, 4.69) is 23.8 Å². The van der Waals surface area contributed by atoms with Crippen molar-refractivity contribution < 1.29 is 0 Å². The highest BCUT2D eigenvalue weighted by Gasteiger charge is 2.32. The minimum absolute atomic E-state index is 0.772. The molecule has 2 fully saturated rings. The Hall–Kier alpha value is 0.270. The Morgan fingerprint density at radius 3 is 2.68 bits per heavy atom. The third-order valence-electron chi connectivity index (χ3n) is 4.86. The lowest BCUT2D eigenvalue weighted by atomic mass is 9.77. The zero-order chi connectivity index (χ0) is 13.5. The lowest BCUT2D eigenvalue weighted by molar-refractivity contribution is 0.179. The maximum Gasteiger partial charge on any atom is 0.0110 e. The number of piperidine rings is 1. The molecule has 0 spiro atoms. The predicted octanol–water partition coefficient (Wildman–Crippen LogP) is 3.28.